The Hall–Kier alpha value is -2.97. The maximum Gasteiger partial charge on any atom is 0.267 e. The highest BCUT2D eigenvalue weighted by Crippen LogP contribution is 2.31. The average molecular weight is 437 g/mol. The summed E-state index contributed by atoms with van der Waals surface area (Å²) in [5, 5.41) is 3.30. The van der Waals surface area contributed by atoms with Crippen LogP contribution in [0.4, 0.5) is 5.82 Å². The Morgan fingerprint density at radius 2 is 1.93 bits per heavy atom. The number of hydrogen-bond donors (Lipinski definition) is 1. The predicted molar refractivity (Wildman–Crippen MR) is 126 cm³/mol. The summed E-state index contributed by atoms with van der Waals surface area (Å²) in [7, 11) is 1.63. The maximum absolute atomic E-state index is 13.3. The van der Waals surface area contributed by atoms with Crippen molar-refractivity contribution in [3.8, 4) is 0 Å². The third kappa shape index (κ3) is 3.88. The van der Waals surface area contributed by atoms with Crippen LogP contribution in [0.15, 0.2) is 58.4 Å². The third-order valence-electron chi connectivity index (χ3n) is 4.90. The van der Waals surface area contributed by atoms with E-state index in [4.69, 9.17) is 17.2 Å². The molecule has 1 aliphatic rings. The van der Waals surface area contributed by atoms with E-state index in [9.17, 15) is 9.59 Å². The van der Waals surface area contributed by atoms with E-state index in [1.165, 1.54) is 26.6 Å². The number of benzene rings is 1. The van der Waals surface area contributed by atoms with Crippen molar-refractivity contribution in [1.29, 1.82) is 0 Å². The molecule has 1 N–H and O–H groups in total. The molecule has 6 nitrogen and oxygen atoms in total. The minimum atomic E-state index is -0.229. The molecule has 0 aliphatic carbocycles. The molecule has 0 bridgehead atoms. The number of pyridine rings is 1. The molecule has 1 amide bonds. The monoisotopic (exact) mass is 436 g/mol. The van der Waals surface area contributed by atoms with Gasteiger partial charge in [-0.3, -0.25) is 18.9 Å². The molecule has 152 valence electrons. The van der Waals surface area contributed by atoms with E-state index in [0.29, 0.717) is 32.8 Å². The molecule has 0 saturated carbocycles. The van der Waals surface area contributed by atoms with Crippen LogP contribution in [-0.4, -0.2) is 38.1 Å². The summed E-state index contributed by atoms with van der Waals surface area (Å²) in [4.78, 5) is 32.3. The molecule has 2 aromatic heterocycles. The number of hydrogen-bond acceptors (Lipinski definition) is 6. The molecule has 0 atom stereocenters. The molecular formula is C22H20N4O2S2. The molecule has 30 heavy (non-hydrogen) atoms. The molecule has 0 radical (unpaired) electrons. The van der Waals surface area contributed by atoms with Crippen LogP contribution in [0.2, 0.25) is 0 Å². The number of aryl methyl sites for hydroxylation is 1. The Morgan fingerprint density at radius 3 is 2.63 bits per heavy atom. The summed E-state index contributed by atoms with van der Waals surface area (Å²) in [6.45, 7) is 2.52. The summed E-state index contributed by atoms with van der Waals surface area (Å²) < 4.78 is 1.98. The molecule has 1 aromatic carbocycles. The van der Waals surface area contributed by atoms with Gasteiger partial charge in [0.2, 0.25) is 0 Å². The molecule has 3 aromatic rings. The van der Waals surface area contributed by atoms with Crippen molar-refractivity contribution in [2.24, 2.45) is 0 Å². The third-order valence-corrected chi connectivity index (χ3v) is 6.38. The van der Waals surface area contributed by atoms with Crippen LogP contribution in [0.3, 0.4) is 0 Å². The number of rotatable bonds is 5. The number of nitrogens with one attached hydrogen (secondary N) is 1. The summed E-state index contributed by atoms with van der Waals surface area (Å²) in [6.07, 6.45) is 4.07. The molecule has 3 heterocycles. The summed E-state index contributed by atoms with van der Waals surface area (Å²) >= 11 is 6.40. The second-order valence-electron chi connectivity index (χ2n) is 6.97. The van der Waals surface area contributed by atoms with Crippen molar-refractivity contribution in [3.05, 3.63) is 80.6 Å². The molecule has 8 heteroatoms. The Kier molecular flexibility index (Phi) is 5.69. The molecule has 0 spiro atoms. The maximum atomic E-state index is 13.3. The van der Waals surface area contributed by atoms with Crippen LogP contribution in [0, 0.1) is 6.92 Å². The Balaban J connectivity index is 1.76. The fraction of sp³-hybridized carbons (Fsp3) is 0.182. The number of thiocarbonyl (C=S) groups is 1. The van der Waals surface area contributed by atoms with Crippen LogP contribution >= 0.6 is 24.0 Å². The molecular weight excluding hydrogens is 416 g/mol. The van der Waals surface area contributed by atoms with E-state index in [0.717, 1.165) is 12.0 Å². The Labute approximate surface area is 183 Å². The highest BCUT2D eigenvalue weighted by Gasteiger charge is 2.29. The molecule has 1 saturated heterocycles. The van der Waals surface area contributed by atoms with Gasteiger partial charge in [0.05, 0.1) is 10.5 Å². The number of likely N-dealkylation sites (N-methyl/N-ethyl adjacent to an activating group) is 1. The lowest BCUT2D eigenvalue weighted by Gasteiger charge is -2.12. The fourth-order valence-electron chi connectivity index (χ4n) is 3.22. The fourth-order valence-corrected chi connectivity index (χ4v) is 4.38. The van der Waals surface area contributed by atoms with Crippen LogP contribution in [0.25, 0.3) is 11.7 Å². The SMILES string of the molecule is Cc1cccn2c(=O)c(/C=C3/SC(=S)N(C)C3=O)c(NCCc3ccccc3)nc12. The number of anilines is 1. The first-order valence-corrected chi connectivity index (χ1v) is 10.7. The van der Waals surface area contributed by atoms with Gasteiger partial charge in [-0.1, -0.05) is 60.4 Å². The van der Waals surface area contributed by atoms with Gasteiger partial charge in [-0.2, -0.15) is 0 Å². The number of thioether (sulfide) groups is 1. The lowest BCUT2D eigenvalue weighted by Crippen LogP contribution is -2.23. The second kappa shape index (κ2) is 8.41. The zero-order valence-electron chi connectivity index (χ0n) is 16.6. The van der Waals surface area contributed by atoms with E-state index < -0.39 is 0 Å². The van der Waals surface area contributed by atoms with Gasteiger partial charge in [0.25, 0.3) is 11.5 Å². The van der Waals surface area contributed by atoms with Crippen LogP contribution in [0.5, 0.6) is 0 Å². The normalized spacial score (nSPS) is 15.4. The van der Waals surface area contributed by atoms with E-state index in [2.05, 4.69) is 17.4 Å². The summed E-state index contributed by atoms with van der Waals surface area (Å²) in [5.41, 5.74) is 2.79. The van der Waals surface area contributed by atoms with Gasteiger partial charge in [-0.25, -0.2) is 4.98 Å². The van der Waals surface area contributed by atoms with Crippen molar-refractivity contribution in [2.45, 2.75) is 13.3 Å². The smallest absolute Gasteiger partial charge is 0.267 e. The lowest BCUT2D eigenvalue weighted by atomic mass is 10.1. The first kappa shape index (κ1) is 20.3. The zero-order valence-corrected chi connectivity index (χ0v) is 18.2. The highest BCUT2D eigenvalue weighted by molar-refractivity contribution is 8.26. The van der Waals surface area contributed by atoms with Gasteiger partial charge in [0, 0.05) is 19.8 Å². The van der Waals surface area contributed by atoms with Gasteiger partial charge >= 0.3 is 0 Å². The lowest BCUT2D eigenvalue weighted by molar-refractivity contribution is -0.121. The largest absolute Gasteiger partial charge is 0.369 e. The van der Waals surface area contributed by atoms with Crippen molar-refractivity contribution in [3.63, 3.8) is 0 Å². The first-order valence-electron chi connectivity index (χ1n) is 9.47. The van der Waals surface area contributed by atoms with Gasteiger partial charge in [-0.15, -0.1) is 0 Å². The summed E-state index contributed by atoms with van der Waals surface area (Å²) in [5.74, 6) is 0.251. The zero-order chi connectivity index (χ0) is 21.3. The number of nitrogens with zero attached hydrogens (tertiary/aromatic N) is 3. The minimum Gasteiger partial charge on any atom is -0.369 e. The Morgan fingerprint density at radius 1 is 1.17 bits per heavy atom. The van der Waals surface area contributed by atoms with Crippen molar-refractivity contribution < 1.29 is 4.79 Å². The predicted octanol–water partition coefficient (Wildman–Crippen LogP) is 3.49. The molecule has 4 rings (SSSR count). The van der Waals surface area contributed by atoms with Crippen LogP contribution in [-0.2, 0) is 11.2 Å². The highest BCUT2D eigenvalue weighted by atomic mass is 32.2. The van der Waals surface area contributed by atoms with Crippen LogP contribution < -0.4 is 10.9 Å². The van der Waals surface area contributed by atoms with E-state index in [-0.39, 0.29) is 11.5 Å². The topological polar surface area (TPSA) is 66.7 Å². The number of amides is 1. The van der Waals surface area contributed by atoms with Gasteiger partial charge in [0.15, 0.2) is 0 Å². The summed E-state index contributed by atoms with van der Waals surface area (Å²) in [6, 6.07) is 13.8. The molecule has 0 unspecified atom stereocenters. The van der Waals surface area contributed by atoms with Crippen molar-refractivity contribution in [2.75, 3.05) is 18.9 Å². The molecule has 1 fully saturated rings. The van der Waals surface area contributed by atoms with E-state index in [1.54, 1.807) is 19.3 Å². The number of carbonyl (C=O) groups excluding carboxylic acids is 1. The molecule has 1 aliphatic heterocycles. The standard InChI is InChI=1S/C22H20N4O2S2/c1-14-7-6-12-26-19(14)24-18(23-11-10-15-8-4-3-5-9-15)16(20(26)27)13-17-21(28)25(2)22(29)30-17/h3-9,12-13,23H,10-11H2,1-2H3/b17-13+. The van der Waals surface area contributed by atoms with Gasteiger partial charge in [-0.05, 0) is 36.6 Å². The number of carbonyl (C=O) groups is 1. The van der Waals surface area contributed by atoms with E-state index in [1.807, 2.05) is 37.3 Å². The van der Waals surface area contributed by atoms with Crippen LogP contribution in [0.1, 0.15) is 16.7 Å². The quantitative estimate of drug-likeness (QED) is 0.488. The average Bonchev–Trinajstić information content (AvgIpc) is 2.99. The van der Waals surface area contributed by atoms with Gasteiger partial charge < -0.3 is 5.32 Å². The Bertz CT molecular complexity index is 1240. The number of fused-ring (bicyclic) bond motifs is 1. The number of aromatic nitrogens is 2. The van der Waals surface area contributed by atoms with Crippen molar-refractivity contribution >= 4 is 51.7 Å². The minimum absolute atomic E-state index is 0.214. The van der Waals surface area contributed by atoms with E-state index >= 15 is 0 Å². The second-order valence-corrected chi connectivity index (χ2v) is 8.64. The van der Waals surface area contributed by atoms with Crippen molar-refractivity contribution in [1.82, 2.24) is 14.3 Å². The first-order chi connectivity index (χ1) is 14.5. The van der Waals surface area contributed by atoms with Gasteiger partial charge in [0.1, 0.15) is 15.8 Å².